The summed E-state index contributed by atoms with van der Waals surface area (Å²) in [5, 5.41) is 9.58. The van der Waals surface area contributed by atoms with E-state index in [1.165, 1.54) is 11.1 Å². The van der Waals surface area contributed by atoms with Crippen LogP contribution in [0.1, 0.15) is 24.0 Å². The summed E-state index contributed by atoms with van der Waals surface area (Å²) in [5.74, 6) is 1.19. The molecule has 0 aliphatic carbocycles. The normalized spacial score (nSPS) is 15.1. The number of allylic oxidation sites excluding steroid dienone is 1. The van der Waals surface area contributed by atoms with Crippen molar-refractivity contribution in [3.05, 3.63) is 65.7 Å². The standard InChI is InChI=1S/C18H18O2/c19-17-9-10-18-16(13-17)8-4-7-15(11-12-20-18)14-5-2-1-3-6-14/h1-3,5-6,9-11,13,19H,4,7-8,12H2. The Balaban J connectivity index is 1.82. The topological polar surface area (TPSA) is 29.5 Å². The lowest BCUT2D eigenvalue weighted by Gasteiger charge is -2.08. The Kier molecular flexibility index (Phi) is 3.73. The van der Waals surface area contributed by atoms with Gasteiger partial charge >= 0.3 is 0 Å². The average Bonchev–Trinajstić information content (AvgIpc) is 2.58. The van der Waals surface area contributed by atoms with Crippen molar-refractivity contribution in [2.45, 2.75) is 19.3 Å². The van der Waals surface area contributed by atoms with Crippen LogP contribution in [0.2, 0.25) is 0 Å². The predicted molar refractivity (Wildman–Crippen MR) is 81.0 cm³/mol. The van der Waals surface area contributed by atoms with E-state index < -0.39 is 0 Å². The molecule has 0 saturated carbocycles. The molecule has 0 unspecified atom stereocenters. The summed E-state index contributed by atoms with van der Waals surface area (Å²) in [4.78, 5) is 0. The van der Waals surface area contributed by atoms with Crippen molar-refractivity contribution < 1.29 is 9.84 Å². The molecule has 1 aliphatic heterocycles. The van der Waals surface area contributed by atoms with E-state index in [0.717, 1.165) is 30.6 Å². The minimum absolute atomic E-state index is 0.308. The highest BCUT2D eigenvalue weighted by atomic mass is 16.5. The molecule has 0 radical (unpaired) electrons. The summed E-state index contributed by atoms with van der Waals surface area (Å²) >= 11 is 0. The lowest BCUT2D eigenvalue weighted by Crippen LogP contribution is -1.96. The Morgan fingerprint density at radius 2 is 1.80 bits per heavy atom. The predicted octanol–water partition coefficient (Wildman–Crippen LogP) is 4.19. The van der Waals surface area contributed by atoms with Crippen LogP contribution in [0.15, 0.2) is 54.6 Å². The van der Waals surface area contributed by atoms with Gasteiger partial charge in [0.15, 0.2) is 0 Å². The Morgan fingerprint density at radius 3 is 2.65 bits per heavy atom. The van der Waals surface area contributed by atoms with Gasteiger partial charge in [-0.25, -0.2) is 0 Å². The van der Waals surface area contributed by atoms with Crippen molar-refractivity contribution >= 4 is 5.57 Å². The highest BCUT2D eigenvalue weighted by Crippen LogP contribution is 2.29. The highest BCUT2D eigenvalue weighted by molar-refractivity contribution is 5.65. The van der Waals surface area contributed by atoms with Gasteiger partial charge in [0.1, 0.15) is 18.1 Å². The second-order valence-corrected chi connectivity index (χ2v) is 5.05. The van der Waals surface area contributed by atoms with Crippen molar-refractivity contribution in [3.8, 4) is 11.5 Å². The molecule has 2 aromatic rings. The molecule has 1 heterocycles. The number of phenols is 1. The quantitative estimate of drug-likeness (QED) is 0.838. The molecule has 0 bridgehead atoms. The zero-order valence-corrected chi connectivity index (χ0v) is 11.4. The molecule has 0 fully saturated rings. The van der Waals surface area contributed by atoms with Gasteiger partial charge in [-0.05, 0) is 60.2 Å². The first-order valence-corrected chi connectivity index (χ1v) is 7.02. The molecule has 102 valence electrons. The van der Waals surface area contributed by atoms with Gasteiger partial charge in [0.05, 0.1) is 0 Å². The zero-order valence-electron chi connectivity index (χ0n) is 11.4. The van der Waals surface area contributed by atoms with Crippen molar-refractivity contribution in [2.75, 3.05) is 6.61 Å². The van der Waals surface area contributed by atoms with Crippen LogP contribution in [0.25, 0.3) is 5.57 Å². The lowest BCUT2D eigenvalue weighted by molar-refractivity contribution is 0.358. The van der Waals surface area contributed by atoms with Crippen molar-refractivity contribution in [1.29, 1.82) is 0 Å². The summed E-state index contributed by atoms with van der Waals surface area (Å²) in [6.45, 7) is 0.571. The van der Waals surface area contributed by atoms with Gasteiger partial charge < -0.3 is 9.84 Å². The van der Waals surface area contributed by atoms with E-state index in [-0.39, 0.29) is 0 Å². The fourth-order valence-corrected chi connectivity index (χ4v) is 2.62. The van der Waals surface area contributed by atoms with Crippen LogP contribution in [0, 0.1) is 0 Å². The SMILES string of the molecule is Oc1ccc2c(c1)CCCC(c1ccccc1)=CCO2. The van der Waals surface area contributed by atoms with Crippen LogP contribution in [-0.2, 0) is 6.42 Å². The van der Waals surface area contributed by atoms with E-state index in [4.69, 9.17) is 4.74 Å². The third kappa shape index (κ3) is 2.85. The second-order valence-electron chi connectivity index (χ2n) is 5.05. The second kappa shape index (κ2) is 5.83. The Hall–Kier alpha value is -2.22. The average molecular weight is 266 g/mol. The minimum atomic E-state index is 0.308. The van der Waals surface area contributed by atoms with E-state index in [0.29, 0.717) is 12.4 Å². The molecule has 20 heavy (non-hydrogen) atoms. The molecule has 0 amide bonds. The molecule has 1 N–H and O–H groups in total. The molecule has 2 nitrogen and oxygen atoms in total. The maximum atomic E-state index is 9.58. The minimum Gasteiger partial charge on any atom is -0.508 e. The fourth-order valence-electron chi connectivity index (χ4n) is 2.62. The Morgan fingerprint density at radius 1 is 0.950 bits per heavy atom. The van der Waals surface area contributed by atoms with Crippen molar-refractivity contribution in [3.63, 3.8) is 0 Å². The number of fused-ring (bicyclic) bond motifs is 1. The number of ether oxygens (including phenoxy) is 1. The molecule has 0 saturated heterocycles. The van der Waals surface area contributed by atoms with Gasteiger partial charge in [-0.1, -0.05) is 30.3 Å². The van der Waals surface area contributed by atoms with E-state index in [1.807, 2.05) is 18.2 Å². The van der Waals surface area contributed by atoms with Crippen LogP contribution in [0.4, 0.5) is 0 Å². The third-order valence-corrected chi connectivity index (χ3v) is 3.65. The highest BCUT2D eigenvalue weighted by Gasteiger charge is 2.09. The molecule has 3 rings (SSSR count). The summed E-state index contributed by atoms with van der Waals surface area (Å²) in [6.07, 6.45) is 5.17. The monoisotopic (exact) mass is 266 g/mol. The van der Waals surface area contributed by atoms with Gasteiger partial charge in [-0.2, -0.15) is 0 Å². The van der Waals surface area contributed by atoms with Crippen LogP contribution < -0.4 is 4.74 Å². The molecule has 1 aliphatic rings. The zero-order chi connectivity index (χ0) is 13.8. The molecule has 2 heteroatoms. The third-order valence-electron chi connectivity index (χ3n) is 3.65. The van der Waals surface area contributed by atoms with Crippen LogP contribution in [0.3, 0.4) is 0 Å². The van der Waals surface area contributed by atoms with Crippen molar-refractivity contribution in [1.82, 2.24) is 0 Å². The number of benzene rings is 2. The smallest absolute Gasteiger partial charge is 0.123 e. The summed E-state index contributed by atoms with van der Waals surface area (Å²) in [6, 6.07) is 15.8. The molecule has 0 spiro atoms. The maximum absolute atomic E-state index is 9.58. The molecule has 0 aromatic heterocycles. The molecule has 2 aromatic carbocycles. The Bertz CT molecular complexity index is 615. The van der Waals surface area contributed by atoms with E-state index >= 15 is 0 Å². The first-order valence-electron chi connectivity index (χ1n) is 7.02. The first kappa shape index (κ1) is 12.8. The van der Waals surface area contributed by atoms with Gasteiger partial charge in [-0.15, -0.1) is 0 Å². The molecule has 0 atom stereocenters. The number of hydrogen-bond donors (Lipinski definition) is 1. The molecular weight excluding hydrogens is 248 g/mol. The summed E-state index contributed by atoms with van der Waals surface area (Å²) in [7, 11) is 0. The number of aromatic hydroxyl groups is 1. The number of hydrogen-bond acceptors (Lipinski definition) is 2. The lowest BCUT2D eigenvalue weighted by atomic mass is 9.98. The van der Waals surface area contributed by atoms with Crippen LogP contribution in [0.5, 0.6) is 11.5 Å². The molecular formula is C18H18O2. The number of phenolic OH excluding ortho intramolecular Hbond substituents is 1. The van der Waals surface area contributed by atoms with Gasteiger partial charge in [0.25, 0.3) is 0 Å². The Labute approximate surface area is 119 Å². The van der Waals surface area contributed by atoms with Gasteiger partial charge in [0, 0.05) is 0 Å². The van der Waals surface area contributed by atoms with Gasteiger partial charge in [0.2, 0.25) is 0 Å². The number of rotatable bonds is 1. The van der Waals surface area contributed by atoms with E-state index in [1.54, 1.807) is 6.07 Å². The van der Waals surface area contributed by atoms with E-state index in [2.05, 4.69) is 30.3 Å². The first-order chi connectivity index (χ1) is 9.83. The van der Waals surface area contributed by atoms with Crippen molar-refractivity contribution in [2.24, 2.45) is 0 Å². The largest absolute Gasteiger partial charge is 0.508 e. The van der Waals surface area contributed by atoms with Crippen LogP contribution in [-0.4, -0.2) is 11.7 Å². The maximum Gasteiger partial charge on any atom is 0.123 e. The summed E-state index contributed by atoms with van der Waals surface area (Å²) < 4.78 is 5.83. The fraction of sp³-hybridized carbons (Fsp3) is 0.222. The van der Waals surface area contributed by atoms with Crippen LogP contribution >= 0.6 is 0 Å². The number of aryl methyl sites for hydroxylation is 1. The summed E-state index contributed by atoms with van der Waals surface area (Å²) in [5.41, 5.74) is 3.69. The van der Waals surface area contributed by atoms with Gasteiger partial charge in [-0.3, -0.25) is 0 Å². The van der Waals surface area contributed by atoms with E-state index in [9.17, 15) is 5.11 Å².